The van der Waals surface area contributed by atoms with Crippen molar-refractivity contribution in [1.29, 1.82) is 0 Å². The lowest BCUT2D eigenvalue weighted by Gasteiger charge is -2.16. The Kier molecular flexibility index (Phi) is 4.31. The minimum Gasteiger partial charge on any atom is -0.497 e. The molecule has 2 rings (SSSR count). The molecule has 0 saturated heterocycles. The van der Waals surface area contributed by atoms with Gasteiger partial charge in [-0.3, -0.25) is 5.84 Å². The van der Waals surface area contributed by atoms with Crippen molar-refractivity contribution in [2.45, 2.75) is 6.04 Å². The molecule has 5 nitrogen and oxygen atoms in total. The summed E-state index contributed by atoms with van der Waals surface area (Å²) < 4.78 is 15.8. The molecule has 1 unspecified atom stereocenters. The van der Waals surface area contributed by atoms with Gasteiger partial charge in [-0.15, -0.1) is 0 Å². The van der Waals surface area contributed by atoms with Gasteiger partial charge in [-0.2, -0.15) is 0 Å². The molecular weight excluding hydrogens is 268 g/mol. The number of ether oxygens (including phenoxy) is 2. The van der Waals surface area contributed by atoms with Crippen LogP contribution in [-0.2, 0) is 0 Å². The monoisotopic (exact) mass is 282 g/mol. The van der Waals surface area contributed by atoms with Crippen LogP contribution in [0.25, 0.3) is 0 Å². The summed E-state index contributed by atoms with van der Waals surface area (Å²) in [7, 11) is 3.18. The smallest absolute Gasteiger partial charge is 0.193 e. The summed E-state index contributed by atoms with van der Waals surface area (Å²) in [6, 6.07) is 8.58. The number of furan rings is 1. The summed E-state index contributed by atoms with van der Waals surface area (Å²) in [5.41, 5.74) is 3.54. The lowest BCUT2D eigenvalue weighted by Crippen LogP contribution is -2.28. The molecule has 1 heterocycles. The predicted octanol–water partition coefficient (Wildman–Crippen LogP) is 2.50. The zero-order valence-corrected chi connectivity index (χ0v) is 11.4. The summed E-state index contributed by atoms with van der Waals surface area (Å²) in [6.45, 7) is 0. The van der Waals surface area contributed by atoms with Crippen molar-refractivity contribution >= 4 is 11.6 Å². The van der Waals surface area contributed by atoms with E-state index in [1.807, 2.05) is 12.1 Å². The number of nitrogens with one attached hydrogen (secondary N) is 1. The molecule has 0 aliphatic carbocycles. The van der Waals surface area contributed by atoms with Crippen LogP contribution in [0, 0.1) is 0 Å². The van der Waals surface area contributed by atoms with E-state index in [2.05, 4.69) is 5.43 Å². The second kappa shape index (κ2) is 5.97. The number of hydrogen-bond donors (Lipinski definition) is 2. The molecule has 0 saturated carbocycles. The Morgan fingerprint density at radius 2 is 1.79 bits per heavy atom. The summed E-state index contributed by atoms with van der Waals surface area (Å²) in [5, 5.41) is 0.310. The molecule has 0 radical (unpaired) electrons. The van der Waals surface area contributed by atoms with Gasteiger partial charge in [0.05, 0.1) is 14.2 Å². The number of nitrogens with two attached hydrogens (primary N) is 1. The summed E-state index contributed by atoms with van der Waals surface area (Å²) in [6.07, 6.45) is 0. The van der Waals surface area contributed by atoms with E-state index in [0.29, 0.717) is 22.5 Å². The van der Waals surface area contributed by atoms with Gasteiger partial charge < -0.3 is 13.9 Å². The summed E-state index contributed by atoms with van der Waals surface area (Å²) >= 11 is 5.78. The Labute approximate surface area is 116 Å². The maximum absolute atomic E-state index is 5.78. The van der Waals surface area contributed by atoms with E-state index < -0.39 is 0 Å². The van der Waals surface area contributed by atoms with Gasteiger partial charge in [0.25, 0.3) is 0 Å². The van der Waals surface area contributed by atoms with Gasteiger partial charge in [0.1, 0.15) is 23.3 Å². The first-order valence-electron chi connectivity index (χ1n) is 5.62. The van der Waals surface area contributed by atoms with Crippen LogP contribution in [0.15, 0.2) is 34.7 Å². The van der Waals surface area contributed by atoms with E-state index in [-0.39, 0.29) is 6.04 Å². The van der Waals surface area contributed by atoms with Crippen LogP contribution in [0.2, 0.25) is 5.22 Å². The van der Waals surface area contributed by atoms with E-state index in [0.717, 1.165) is 5.56 Å². The number of benzene rings is 1. The quantitative estimate of drug-likeness (QED) is 0.651. The van der Waals surface area contributed by atoms with Crippen molar-refractivity contribution in [2.75, 3.05) is 14.2 Å². The van der Waals surface area contributed by atoms with Crippen LogP contribution < -0.4 is 20.7 Å². The predicted molar refractivity (Wildman–Crippen MR) is 72.4 cm³/mol. The van der Waals surface area contributed by atoms with E-state index in [9.17, 15) is 0 Å². The lowest BCUT2D eigenvalue weighted by atomic mass is 10.0. The minimum absolute atomic E-state index is 0.310. The van der Waals surface area contributed by atoms with Crippen LogP contribution in [-0.4, -0.2) is 14.2 Å². The third-order valence-corrected chi connectivity index (χ3v) is 2.96. The fraction of sp³-hybridized carbons (Fsp3) is 0.231. The van der Waals surface area contributed by atoms with E-state index in [4.69, 9.17) is 31.3 Å². The first kappa shape index (κ1) is 13.7. The highest BCUT2D eigenvalue weighted by Gasteiger charge is 2.18. The van der Waals surface area contributed by atoms with Gasteiger partial charge in [-0.1, -0.05) is 0 Å². The van der Waals surface area contributed by atoms with Crippen LogP contribution in [0.1, 0.15) is 17.4 Å². The van der Waals surface area contributed by atoms with Crippen molar-refractivity contribution in [3.8, 4) is 11.5 Å². The zero-order valence-electron chi connectivity index (χ0n) is 10.6. The molecule has 0 amide bonds. The highest BCUT2D eigenvalue weighted by atomic mass is 35.5. The maximum atomic E-state index is 5.78. The van der Waals surface area contributed by atoms with Gasteiger partial charge in [-0.25, -0.2) is 5.43 Å². The first-order valence-corrected chi connectivity index (χ1v) is 6.00. The normalized spacial score (nSPS) is 12.2. The molecule has 2 aromatic rings. The Morgan fingerprint density at radius 3 is 2.21 bits per heavy atom. The van der Waals surface area contributed by atoms with Crippen molar-refractivity contribution in [2.24, 2.45) is 5.84 Å². The number of hydrogen-bond acceptors (Lipinski definition) is 5. The lowest BCUT2D eigenvalue weighted by molar-refractivity contribution is 0.390. The highest BCUT2D eigenvalue weighted by Crippen LogP contribution is 2.31. The molecule has 1 atom stereocenters. The molecule has 6 heteroatoms. The molecule has 3 N–H and O–H groups in total. The molecule has 0 aliphatic rings. The highest BCUT2D eigenvalue weighted by molar-refractivity contribution is 6.28. The summed E-state index contributed by atoms with van der Waals surface area (Å²) in [5.74, 6) is 7.55. The van der Waals surface area contributed by atoms with E-state index >= 15 is 0 Å². The fourth-order valence-electron chi connectivity index (χ4n) is 1.82. The Hall–Kier alpha value is -1.69. The third-order valence-electron chi connectivity index (χ3n) is 2.75. The van der Waals surface area contributed by atoms with Gasteiger partial charge in [-0.05, 0) is 41.4 Å². The largest absolute Gasteiger partial charge is 0.497 e. The maximum Gasteiger partial charge on any atom is 0.193 e. The average molecular weight is 283 g/mol. The SMILES string of the molecule is COc1cc(OC)cc(C(NN)c2ccc(Cl)o2)c1. The van der Waals surface area contributed by atoms with Crippen molar-refractivity contribution in [3.05, 3.63) is 46.9 Å². The number of halogens is 1. The molecule has 1 aromatic carbocycles. The minimum atomic E-state index is -0.337. The molecular formula is C13H15ClN2O3. The standard InChI is InChI=1S/C13H15ClN2O3/c1-17-9-5-8(6-10(7-9)18-2)13(16-15)11-3-4-12(14)19-11/h3-7,13,16H,15H2,1-2H3. The molecule has 0 spiro atoms. The van der Waals surface area contributed by atoms with E-state index in [1.165, 1.54) is 0 Å². The molecule has 0 aliphatic heterocycles. The van der Waals surface area contributed by atoms with Gasteiger partial charge in [0, 0.05) is 6.07 Å². The van der Waals surface area contributed by atoms with Crippen molar-refractivity contribution < 1.29 is 13.9 Å². The van der Waals surface area contributed by atoms with Crippen LogP contribution >= 0.6 is 11.6 Å². The molecule has 0 bridgehead atoms. The third kappa shape index (κ3) is 3.01. The Morgan fingerprint density at radius 1 is 1.16 bits per heavy atom. The Balaban J connectivity index is 2.42. The molecule has 1 aromatic heterocycles. The van der Waals surface area contributed by atoms with Gasteiger partial charge >= 0.3 is 0 Å². The van der Waals surface area contributed by atoms with Crippen LogP contribution in [0.4, 0.5) is 0 Å². The fourth-order valence-corrected chi connectivity index (χ4v) is 1.97. The number of hydrazine groups is 1. The molecule has 19 heavy (non-hydrogen) atoms. The van der Waals surface area contributed by atoms with Gasteiger partial charge in [0.2, 0.25) is 0 Å². The second-order valence-corrected chi connectivity index (χ2v) is 4.26. The number of rotatable bonds is 5. The average Bonchev–Trinajstić information content (AvgIpc) is 2.85. The zero-order chi connectivity index (χ0) is 13.8. The van der Waals surface area contributed by atoms with Crippen LogP contribution in [0.5, 0.6) is 11.5 Å². The van der Waals surface area contributed by atoms with Crippen LogP contribution in [0.3, 0.4) is 0 Å². The Bertz CT molecular complexity index is 534. The van der Waals surface area contributed by atoms with E-state index in [1.54, 1.807) is 32.4 Å². The molecule has 102 valence electrons. The van der Waals surface area contributed by atoms with Crippen molar-refractivity contribution in [3.63, 3.8) is 0 Å². The molecule has 0 fully saturated rings. The summed E-state index contributed by atoms with van der Waals surface area (Å²) in [4.78, 5) is 0. The van der Waals surface area contributed by atoms with Gasteiger partial charge in [0.15, 0.2) is 5.22 Å². The first-order chi connectivity index (χ1) is 9.17. The number of methoxy groups -OCH3 is 2. The second-order valence-electron chi connectivity index (χ2n) is 3.89. The topological polar surface area (TPSA) is 69.7 Å². The van der Waals surface area contributed by atoms with Crippen molar-refractivity contribution in [1.82, 2.24) is 5.43 Å².